The molecule has 2 aromatic carbocycles. The Balaban J connectivity index is 0.000000188. The number of aliphatic hydroxyl groups excluding tert-OH is 1. The van der Waals surface area contributed by atoms with Gasteiger partial charge in [-0.15, -0.1) is 32.9 Å². The first-order valence-electron chi connectivity index (χ1n) is 19.1. The highest BCUT2D eigenvalue weighted by molar-refractivity contribution is 7.18. The van der Waals surface area contributed by atoms with Crippen LogP contribution in [0.5, 0.6) is 11.6 Å². The van der Waals surface area contributed by atoms with Crippen LogP contribution in [0.25, 0.3) is 31.9 Å². The molecule has 6 heterocycles. The number of benzene rings is 2. The van der Waals surface area contributed by atoms with Crippen molar-refractivity contribution in [2.45, 2.75) is 65.6 Å². The number of aryl methyl sites for hydroxylation is 1. The van der Waals surface area contributed by atoms with Gasteiger partial charge in [-0.25, -0.2) is 4.98 Å². The Labute approximate surface area is 341 Å². The average molecular weight is 808 g/mol. The topological polar surface area (TPSA) is 150 Å². The van der Waals surface area contributed by atoms with Gasteiger partial charge in [0.25, 0.3) is 5.88 Å². The first-order valence-corrected chi connectivity index (χ1v) is 20.8. The smallest absolute Gasteiger partial charge is 0.254 e. The van der Waals surface area contributed by atoms with E-state index in [-0.39, 0.29) is 11.9 Å². The highest BCUT2D eigenvalue weighted by Gasteiger charge is 2.23. The van der Waals surface area contributed by atoms with Gasteiger partial charge in [-0.1, -0.05) is 56.7 Å². The van der Waals surface area contributed by atoms with Gasteiger partial charge in [0.2, 0.25) is 6.41 Å². The minimum absolute atomic E-state index is 0.223. The Morgan fingerprint density at radius 2 is 1.96 bits per heavy atom. The lowest BCUT2D eigenvalue weighted by Gasteiger charge is -2.26. The van der Waals surface area contributed by atoms with E-state index in [2.05, 4.69) is 80.8 Å². The Kier molecular flexibility index (Phi) is 14.6. The van der Waals surface area contributed by atoms with Crippen molar-refractivity contribution >= 4 is 39.3 Å². The first kappa shape index (κ1) is 41.3. The van der Waals surface area contributed by atoms with Gasteiger partial charge in [-0.05, 0) is 72.2 Å². The number of phenols is 1. The van der Waals surface area contributed by atoms with E-state index in [1.165, 1.54) is 26.4 Å². The molecule has 6 aromatic rings. The molecule has 1 amide bonds. The van der Waals surface area contributed by atoms with E-state index in [4.69, 9.17) is 20.8 Å². The summed E-state index contributed by atoms with van der Waals surface area (Å²) in [6, 6.07) is 22.0. The summed E-state index contributed by atoms with van der Waals surface area (Å²) in [6.07, 6.45) is 9.18. The van der Waals surface area contributed by atoms with Crippen LogP contribution in [-0.4, -0.2) is 85.7 Å². The maximum absolute atomic E-state index is 10.2. The van der Waals surface area contributed by atoms with Crippen molar-refractivity contribution in [3.8, 4) is 45.8 Å². The van der Waals surface area contributed by atoms with Crippen LogP contribution in [0.15, 0.2) is 70.7 Å². The summed E-state index contributed by atoms with van der Waals surface area (Å²) in [4.78, 5) is 21.8. The summed E-state index contributed by atoms with van der Waals surface area (Å²) in [5.41, 5.74) is 8.10. The van der Waals surface area contributed by atoms with E-state index >= 15 is 0 Å². The van der Waals surface area contributed by atoms with E-state index in [1.807, 2.05) is 36.7 Å². The number of likely N-dealkylation sites (tertiary alicyclic amines) is 1. The number of ether oxygens (including phenoxy) is 1. The lowest BCUT2D eigenvalue weighted by atomic mass is 10.0. The molecule has 0 saturated carbocycles. The van der Waals surface area contributed by atoms with E-state index in [0.29, 0.717) is 49.3 Å². The van der Waals surface area contributed by atoms with Crippen molar-refractivity contribution in [3.05, 3.63) is 93.6 Å². The summed E-state index contributed by atoms with van der Waals surface area (Å²) in [5, 5.41) is 35.9. The monoisotopic (exact) mass is 807 g/mol. The van der Waals surface area contributed by atoms with Crippen molar-refractivity contribution in [3.63, 3.8) is 0 Å². The molecule has 1 fully saturated rings. The fraction of sp³-hybridized carbons (Fsp3) is 0.372. The van der Waals surface area contributed by atoms with Gasteiger partial charge in [0.15, 0.2) is 0 Å². The molecule has 2 aliphatic rings. The van der Waals surface area contributed by atoms with Gasteiger partial charge >= 0.3 is 0 Å². The molecule has 1 saturated heterocycles. The summed E-state index contributed by atoms with van der Waals surface area (Å²) in [6.45, 7) is 11.8. The van der Waals surface area contributed by atoms with Crippen LogP contribution in [-0.2, 0) is 30.7 Å². The molecule has 12 nitrogen and oxygen atoms in total. The van der Waals surface area contributed by atoms with Gasteiger partial charge in [0, 0.05) is 73.6 Å². The molecule has 4 aromatic heterocycles. The predicted molar refractivity (Wildman–Crippen MR) is 225 cm³/mol. The molecule has 298 valence electrons. The number of thiophene rings is 1. The summed E-state index contributed by atoms with van der Waals surface area (Å²) >= 11 is 3.40. The molecule has 57 heavy (non-hydrogen) atoms. The van der Waals surface area contributed by atoms with Crippen molar-refractivity contribution in [2.24, 2.45) is 5.92 Å². The summed E-state index contributed by atoms with van der Waals surface area (Å²) in [5.74, 6) is 2.20. The minimum Gasteiger partial charge on any atom is -0.507 e. The first-order chi connectivity index (χ1) is 27.7. The highest BCUT2D eigenvalue weighted by atomic mass is 32.1. The number of phenolic OH excluding ortho intramolecular Hbond substituents is 1. The zero-order valence-corrected chi connectivity index (χ0v) is 34.2. The number of aromatic hydroxyl groups is 1. The third kappa shape index (κ3) is 11.4. The molecule has 0 spiro atoms. The van der Waals surface area contributed by atoms with Crippen molar-refractivity contribution in [1.29, 1.82) is 0 Å². The van der Waals surface area contributed by atoms with Crippen molar-refractivity contribution in [1.82, 2.24) is 35.5 Å². The number of amides is 1. The van der Waals surface area contributed by atoms with Gasteiger partial charge in [-0.2, -0.15) is 0 Å². The Bertz CT molecular complexity index is 2240. The molecular weight excluding hydrogens is 759 g/mol. The van der Waals surface area contributed by atoms with Gasteiger partial charge in [-0.3, -0.25) is 9.69 Å². The van der Waals surface area contributed by atoms with E-state index in [0.717, 1.165) is 73.4 Å². The zero-order chi connectivity index (χ0) is 40.1. The van der Waals surface area contributed by atoms with Crippen molar-refractivity contribution in [2.75, 3.05) is 32.8 Å². The molecule has 14 heteroatoms. The average Bonchev–Trinajstić information content (AvgIpc) is 4.03. The second kappa shape index (κ2) is 20.2. The third-order valence-corrected chi connectivity index (χ3v) is 11.7. The predicted octanol–water partition coefficient (Wildman–Crippen LogP) is 7.09. The number of hydrogen-bond donors (Lipinski definition) is 3. The summed E-state index contributed by atoms with van der Waals surface area (Å²) in [7, 11) is 0. The normalized spacial score (nSPS) is 14.9. The Morgan fingerprint density at radius 3 is 2.65 bits per heavy atom. The number of terminal acetylenes is 1. The third-order valence-electron chi connectivity index (χ3n) is 9.57. The number of aliphatic hydroxyl groups is 1. The fourth-order valence-electron chi connectivity index (χ4n) is 6.65. The number of β-amino-alcohol motifs (C(OH)–C–C–N with tert-alkyl or cyclic N) is 1. The number of carbonyl (C=O) groups is 1. The van der Waals surface area contributed by atoms with E-state index in [1.54, 1.807) is 33.6 Å². The maximum atomic E-state index is 10.2. The molecule has 0 bridgehead atoms. The quantitative estimate of drug-likeness (QED) is 0.0504. The second-order valence-electron chi connectivity index (χ2n) is 14.4. The van der Waals surface area contributed by atoms with E-state index < -0.39 is 0 Å². The van der Waals surface area contributed by atoms with Gasteiger partial charge in [0.05, 0.1) is 34.5 Å². The maximum Gasteiger partial charge on any atom is 0.254 e. The number of fused-ring (bicyclic) bond motifs is 3. The van der Waals surface area contributed by atoms with Crippen molar-refractivity contribution < 1.29 is 24.3 Å². The van der Waals surface area contributed by atoms with Crippen LogP contribution in [0.2, 0.25) is 0 Å². The number of carbonyl (C=O) groups excluding carboxylic acids is 1. The Hall–Kier alpha value is -5.33. The number of nitrogens with one attached hydrogen (secondary N) is 1. The molecular formula is C43H49N7O5S2. The summed E-state index contributed by atoms with van der Waals surface area (Å²) < 4.78 is 11.1. The molecule has 8 rings (SSSR count). The molecule has 1 atom stereocenters. The van der Waals surface area contributed by atoms with Crippen LogP contribution in [0, 0.1) is 25.3 Å². The second-order valence-corrected chi connectivity index (χ2v) is 16.4. The molecule has 2 aliphatic heterocycles. The molecule has 0 radical (unpaired) electrons. The lowest BCUT2D eigenvalue weighted by molar-refractivity contribution is -0.117. The van der Waals surface area contributed by atoms with Crippen LogP contribution in [0.1, 0.15) is 54.1 Å². The number of thiazole rings is 1. The number of para-hydroxylation sites is 1. The minimum atomic E-state index is -0.278. The standard InChI is InChI=1S/C25H28N4O3S.C13H12N2S.C5H9NO2/c1-16(2)12-17-13-24(28-32-17)31-11-5-9-29-10-8-23-20(15-29)19-14-21(26-27-25(19)33-23)18-6-3-4-7-22(18)30;1-3-14-8-11-4-6-12(7-5-11)13-10(2)15-9-16-13;7-4-6-2-1-5(8)3-6/h3-4,6-7,13-14,16,30H,5,8-12,15H2,1-2H3;1,4-7,9,14H,8H2,2H3;4-5,8H,1-3H2. The SMILES string of the molecule is C#CNCc1ccc(-c2scnc2C)cc1.CC(C)Cc1cc(OCCCN2CCc3sc4nnc(-c5ccccc5O)cc4c3C2)no1.O=CN1CCC(O)C1. The van der Waals surface area contributed by atoms with Gasteiger partial charge < -0.3 is 29.7 Å². The highest BCUT2D eigenvalue weighted by Crippen LogP contribution is 2.37. The lowest BCUT2D eigenvalue weighted by Crippen LogP contribution is -2.31. The number of rotatable bonds is 12. The number of nitrogens with zero attached hydrogens (tertiary/aromatic N) is 6. The molecule has 0 aliphatic carbocycles. The largest absolute Gasteiger partial charge is 0.507 e. The molecule has 1 unspecified atom stereocenters. The van der Waals surface area contributed by atoms with E-state index in [9.17, 15) is 9.90 Å². The fourth-order valence-corrected chi connectivity index (χ4v) is 8.56. The number of hydrogen-bond acceptors (Lipinski definition) is 13. The van der Waals surface area contributed by atoms with Crippen LogP contribution in [0.4, 0.5) is 0 Å². The number of aromatic nitrogens is 4. The molecule has 3 N–H and O–H groups in total. The van der Waals surface area contributed by atoms with Crippen LogP contribution < -0.4 is 10.1 Å². The van der Waals surface area contributed by atoms with Crippen LogP contribution in [0.3, 0.4) is 0 Å². The van der Waals surface area contributed by atoms with Crippen LogP contribution >= 0.6 is 22.7 Å². The Morgan fingerprint density at radius 1 is 1.14 bits per heavy atom. The zero-order valence-electron chi connectivity index (χ0n) is 32.6. The van der Waals surface area contributed by atoms with Gasteiger partial charge in [0.1, 0.15) is 16.3 Å².